The Balaban J connectivity index is 2.26. The Morgan fingerprint density at radius 2 is 2.06 bits per heavy atom. The molecule has 0 spiro atoms. The fraction of sp³-hybridized carbons (Fsp3) is 0.200. The molecule has 3 heteroatoms. The molecule has 1 aromatic carbocycles. The van der Waals surface area contributed by atoms with Crippen molar-refractivity contribution in [3.63, 3.8) is 0 Å². The average molecular weight is 240 g/mol. The van der Waals surface area contributed by atoms with Crippen LogP contribution in [0.2, 0.25) is 0 Å². The van der Waals surface area contributed by atoms with Crippen molar-refractivity contribution in [1.29, 1.82) is 0 Å². The zero-order valence-corrected chi connectivity index (χ0v) is 10.3. The summed E-state index contributed by atoms with van der Waals surface area (Å²) in [7, 11) is 1.91. The van der Waals surface area contributed by atoms with Crippen LogP contribution < -0.4 is 5.32 Å². The van der Waals surface area contributed by atoms with Gasteiger partial charge in [0.15, 0.2) is 6.29 Å². The molecule has 2 aromatic rings. The summed E-state index contributed by atoms with van der Waals surface area (Å²) in [4.78, 5) is 15.0. The molecule has 0 fully saturated rings. The third-order valence-electron chi connectivity index (χ3n) is 3.02. The molecule has 1 atom stereocenters. The van der Waals surface area contributed by atoms with Crippen molar-refractivity contribution in [2.45, 2.75) is 12.5 Å². The number of carbonyl (C=O) groups is 1. The van der Waals surface area contributed by atoms with Crippen LogP contribution in [0.15, 0.2) is 48.8 Å². The largest absolute Gasteiger partial charge is 0.313 e. The number of hydrogen-bond donors (Lipinski definition) is 1. The monoisotopic (exact) mass is 240 g/mol. The molecule has 1 heterocycles. The highest BCUT2D eigenvalue weighted by molar-refractivity contribution is 5.76. The highest BCUT2D eigenvalue weighted by atomic mass is 16.1. The van der Waals surface area contributed by atoms with Crippen LogP contribution in [0.1, 0.15) is 27.5 Å². The quantitative estimate of drug-likeness (QED) is 0.816. The van der Waals surface area contributed by atoms with E-state index in [9.17, 15) is 4.79 Å². The number of likely N-dealkylation sites (N-methyl/N-ethyl adjacent to an activating group) is 1. The molecule has 0 aliphatic carbocycles. The average Bonchev–Trinajstić information content (AvgIpc) is 2.46. The number of hydrogen-bond acceptors (Lipinski definition) is 3. The molecule has 0 amide bonds. The van der Waals surface area contributed by atoms with Crippen LogP contribution in [-0.2, 0) is 6.42 Å². The fourth-order valence-corrected chi connectivity index (χ4v) is 2.05. The summed E-state index contributed by atoms with van der Waals surface area (Å²) in [5.74, 6) is 0. The molecule has 0 aliphatic rings. The van der Waals surface area contributed by atoms with Gasteiger partial charge >= 0.3 is 0 Å². The van der Waals surface area contributed by atoms with Crippen LogP contribution in [0.4, 0.5) is 0 Å². The summed E-state index contributed by atoms with van der Waals surface area (Å²) in [6.45, 7) is 0. The second-order valence-electron chi connectivity index (χ2n) is 4.15. The minimum absolute atomic E-state index is 0.121. The Kier molecular flexibility index (Phi) is 4.20. The number of aldehydes is 1. The number of carbonyl (C=O) groups excluding carboxylic acids is 1. The first kappa shape index (κ1) is 12.5. The molecule has 0 bridgehead atoms. The SMILES string of the molecule is CNC(Cc1ccccc1)c1ccncc1C=O. The Labute approximate surface area is 107 Å². The van der Waals surface area contributed by atoms with Crippen molar-refractivity contribution < 1.29 is 4.79 Å². The lowest BCUT2D eigenvalue weighted by atomic mass is 9.97. The van der Waals surface area contributed by atoms with Crippen molar-refractivity contribution in [2.24, 2.45) is 0 Å². The number of nitrogens with one attached hydrogen (secondary N) is 1. The van der Waals surface area contributed by atoms with Crippen LogP contribution in [0, 0.1) is 0 Å². The maximum absolute atomic E-state index is 11.0. The number of rotatable bonds is 5. The topological polar surface area (TPSA) is 42.0 Å². The summed E-state index contributed by atoms with van der Waals surface area (Å²) >= 11 is 0. The highest BCUT2D eigenvalue weighted by Gasteiger charge is 2.13. The Morgan fingerprint density at radius 1 is 1.28 bits per heavy atom. The molecule has 1 N–H and O–H groups in total. The van der Waals surface area contributed by atoms with Gasteiger partial charge in [0, 0.05) is 24.0 Å². The second-order valence-corrected chi connectivity index (χ2v) is 4.15. The van der Waals surface area contributed by atoms with E-state index >= 15 is 0 Å². The Morgan fingerprint density at radius 3 is 2.72 bits per heavy atom. The zero-order valence-electron chi connectivity index (χ0n) is 10.3. The molecule has 0 saturated carbocycles. The molecule has 92 valence electrons. The summed E-state index contributed by atoms with van der Waals surface area (Å²) in [6.07, 6.45) is 5.04. The van der Waals surface area contributed by atoms with E-state index in [4.69, 9.17) is 0 Å². The predicted molar refractivity (Wildman–Crippen MR) is 71.6 cm³/mol. The van der Waals surface area contributed by atoms with E-state index in [-0.39, 0.29) is 6.04 Å². The van der Waals surface area contributed by atoms with Gasteiger partial charge < -0.3 is 5.32 Å². The van der Waals surface area contributed by atoms with Crippen molar-refractivity contribution in [3.8, 4) is 0 Å². The highest BCUT2D eigenvalue weighted by Crippen LogP contribution is 2.20. The van der Waals surface area contributed by atoms with Gasteiger partial charge in [-0.3, -0.25) is 9.78 Å². The smallest absolute Gasteiger partial charge is 0.151 e. The molecule has 0 aliphatic heterocycles. The molecular weight excluding hydrogens is 224 g/mol. The first-order valence-electron chi connectivity index (χ1n) is 5.95. The summed E-state index contributed by atoms with van der Waals surface area (Å²) in [5.41, 5.74) is 2.88. The molecule has 2 rings (SSSR count). The minimum Gasteiger partial charge on any atom is -0.313 e. The van der Waals surface area contributed by atoms with Crippen LogP contribution >= 0.6 is 0 Å². The van der Waals surface area contributed by atoms with E-state index < -0.39 is 0 Å². The summed E-state index contributed by atoms with van der Waals surface area (Å²) in [6, 6.07) is 12.2. The van der Waals surface area contributed by atoms with Crippen molar-refractivity contribution in [2.75, 3.05) is 7.05 Å². The summed E-state index contributed by atoms with van der Waals surface area (Å²) in [5, 5.41) is 3.25. The van der Waals surface area contributed by atoms with Gasteiger partial charge in [0.2, 0.25) is 0 Å². The van der Waals surface area contributed by atoms with Gasteiger partial charge in [0.25, 0.3) is 0 Å². The molecule has 1 unspecified atom stereocenters. The molecule has 3 nitrogen and oxygen atoms in total. The second kappa shape index (κ2) is 6.07. The van der Waals surface area contributed by atoms with Gasteiger partial charge in [-0.15, -0.1) is 0 Å². The molecule has 18 heavy (non-hydrogen) atoms. The molecule has 1 aromatic heterocycles. The Bertz CT molecular complexity index is 511. The van der Waals surface area contributed by atoms with Gasteiger partial charge in [-0.1, -0.05) is 30.3 Å². The number of benzene rings is 1. The third-order valence-corrected chi connectivity index (χ3v) is 3.02. The van der Waals surface area contributed by atoms with Crippen molar-refractivity contribution in [1.82, 2.24) is 10.3 Å². The first-order chi connectivity index (χ1) is 8.85. The predicted octanol–water partition coefficient (Wildman–Crippen LogP) is 2.40. The van der Waals surface area contributed by atoms with E-state index in [0.717, 1.165) is 18.3 Å². The van der Waals surface area contributed by atoms with Gasteiger partial charge in [-0.05, 0) is 30.7 Å². The molecular formula is C15H16N2O. The van der Waals surface area contributed by atoms with Crippen LogP contribution in [-0.4, -0.2) is 18.3 Å². The Hall–Kier alpha value is -2.00. The van der Waals surface area contributed by atoms with E-state index in [2.05, 4.69) is 22.4 Å². The number of pyridine rings is 1. The lowest BCUT2D eigenvalue weighted by molar-refractivity contribution is 0.112. The number of aromatic nitrogens is 1. The number of nitrogens with zero attached hydrogens (tertiary/aromatic N) is 1. The van der Waals surface area contributed by atoms with Crippen molar-refractivity contribution >= 4 is 6.29 Å². The third kappa shape index (κ3) is 2.81. The van der Waals surface area contributed by atoms with Crippen LogP contribution in [0.3, 0.4) is 0 Å². The van der Waals surface area contributed by atoms with Gasteiger partial charge in [-0.2, -0.15) is 0 Å². The van der Waals surface area contributed by atoms with Crippen LogP contribution in [0.5, 0.6) is 0 Å². The van der Waals surface area contributed by atoms with E-state index in [1.165, 1.54) is 5.56 Å². The maximum atomic E-state index is 11.0. The lowest BCUT2D eigenvalue weighted by Gasteiger charge is -2.18. The van der Waals surface area contributed by atoms with Gasteiger partial charge in [-0.25, -0.2) is 0 Å². The van der Waals surface area contributed by atoms with Gasteiger partial charge in [0.1, 0.15) is 0 Å². The van der Waals surface area contributed by atoms with E-state index in [0.29, 0.717) is 5.56 Å². The minimum atomic E-state index is 0.121. The molecule has 0 saturated heterocycles. The zero-order chi connectivity index (χ0) is 12.8. The van der Waals surface area contributed by atoms with Crippen LogP contribution in [0.25, 0.3) is 0 Å². The lowest BCUT2D eigenvalue weighted by Crippen LogP contribution is -2.20. The first-order valence-corrected chi connectivity index (χ1v) is 5.95. The van der Waals surface area contributed by atoms with Crippen molar-refractivity contribution in [3.05, 3.63) is 65.5 Å². The standard InChI is InChI=1S/C15H16N2O/c1-16-15(9-12-5-3-2-4-6-12)14-7-8-17-10-13(14)11-18/h2-8,10-11,15-16H,9H2,1H3. The van der Waals surface area contributed by atoms with Gasteiger partial charge in [0.05, 0.1) is 0 Å². The van der Waals surface area contributed by atoms with E-state index in [1.807, 2.05) is 31.3 Å². The normalized spacial score (nSPS) is 12.1. The maximum Gasteiger partial charge on any atom is 0.151 e. The summed E-state index contributed by atoms with van der Waals surface area (Å²) < 4.78 is 0. The molecule has 0 radical (unpaired) electrons. The van der Waals surface area contributed by atoms with E-state index in [1.54, 1.807) is 12.4 Å². The fourth-order valence-electron chi connectivity index (χ4n) is 2.05.